The van der Waals surface area contributed by atoms with Gasteiger partial charge in [0.05, 0.1) is 23.8 Å². The van der Waals surface area contributed by atoms with Gasteiger partial charge < -0.3 is 10.2 Å². The van der Waals surface area contributed by atoms with Crippen LogP contribution in [0.1, 0.15) is 25.3 Å². The molecule has 2 aliphatic rings. The molecule has 1 aromatic rings. The predicted octanol–water partition coefficient (Wildman–Crippen LogP) is 2.27. The molecule has 0 bridgehead atoms. The maximum Gasteiger partial charge on any atom is 0.418 e. The van der Waals surface area contributed by atoms with Gasteiger partial charge in [0.2, 0.25) is 11.8 Å². The molecule has 1 N–H and O–H groups in total. The van der Waals surface area contributed by atoms with Gasteiger partial charge in [-0.05, 0) is 31.9 Å². The number of carbonyl (C=O) groups is 2. The molecule has 2 fully saturated rings. The van der Waals surface area contributed by atoms with Gasteiger partial charge in [-0.2, -0.15) is 13.2 Å². The molecule has 2 saturated heterocycles. The van der Waals surface area contributed by atoms with Crippen LogP contribution in [0.3, 0.4) is 0 Å². The maximum absolute atomic E-state index is 13.1. The quantitative estimate of drug-likeness (QED) is 0.806. The second-order valence-corrected chi connectivity index (χ2v) is 7.61. The number of likely N-dealkylation sites (tertiary alicyclic amines) is 1. The van der Waals surface area contributed by atoms with E-state index in [0.717, 1.165) is 32.0 Å². The Bertz CT molecular complexity index is 727. The summed E-state index contributed by atoms with van der Waals surface area (Å²) < 4.78 is 39.2. The van der Waals surface area contributed by atoms with E-state index in [9.17, 15) is 22.8 Å². The van der Waals surface area contributed by atoms with Crippen molar-refractivity contribution in [1.29, 1.82) is 0 Å². The van der Waals surface area contributed by atoms with E-state index in [2.05, 4.69) is 10.2 Å². The van der Waals surface area contributed by atoms with Crippen LogP contribution in [0.5, 0.6) is 0 Å². The van der Waals surface area contributed by atoms with E-state index in [0.29, 0.717) is 26.2 Å². The van der Waals surface area contributed by atoms with Gasteiger partial charge in [-0.1, -0.05) is 12.1 Å². The Morgan fingerprint density at radius 3 is 2.28 bits per heavy atom. The fourth-order valence-electron chi connectivity index (χ4n) is 3.90. The Kier molecular flexibility index (Phi) is 6.79. The molecule has 29 heavy (non-hydrogen) atoms. The normalized spacial score (nSPS) is 19.9. The first-order valence-electron chi connectivity index (χ1n) is 9.97. The summed E-state index contributed by atoms with van der Waals surface area (Å²) >= 11 is 0. The molecular weight excluding hydrogens is 385 g/mol. The topological polar surface area (TPSA) is 55.9 Å². The molecule has 2 amide bonds. The molecule has 0 radical (unpaired) electrons. The van der Waals surface area contributed by atoms with Gasteiger partial charge in [0.15, 0.2) is 0 Å². The van der Waals surface area contributed by atoms with Crippen LogP contribution in [0.4, 0.5) is 18.9 Å². The second kappa shape index (κ2) is 9.13. The smallest absolute Gasteiger partial charge is 0.341 e. The molecule has 0 aromatic heterocycles. The van der Waals surface area contributed by atoms with Crippen LogP contribution in [0.25, 0.3) is 0 Å². The van der Waals surface area contributed by atoms with Gasteiger partial charge in [-0.15, -0.1) is 0 Å². The number of alkyl halides is 3. The molecule has 1 atom stereocenters. The van der Waals surface area contributed by atoms with Crippen molar-refractivity contribution >= 4 is 17.5 Å². The number of rotatable bonds is 5. The minimum Gasteiger partial charge on any atom is -0.341 e. The lowest BCUT2D eigenvalue weighted by Gasteiger charge is -2.38. The second-order valence-electron chi connectivity index (χ2n) is 7.61. The van der Waals surface area contributed by atoms with Crippen LogP contribution in [0.2, 0.25) is 0 Å². The van der Waals surface area contributed by atoms with Crippen molar-refractivity contribution in [2.45, 2.75) is 32.0 Å². The first kappa shape index (κ1) is 21.6. The Morgan fingerprint density at radius 1 is 1.03 bits per heavy atom. The SMILES string of the molecule is CC(C(=O)N1CCCC1)N1CCN(CC(=O)Nc2ccccc2C(F)(F)F)CC1. The number of benzene rings is 1. The van der Waals surface area contributed by atoms with Crippen molar-refractivity contribution in [3.63, 3.8) is 0 Å². The largest absolute Gasteiger partial charge is 0.418 e. The molecule has 2 heterocycles. The van der Waals surface area contributed by atoms with Crippen molar-refractivity contribution in [1.82, 2.24) is 14.7 Å². The van der Waals surface area contributed by atoms with Crippen molar-refractivity contribution in [2.24, 2.45) is 0 Å². The maximum atomic E-state index is 13.1. The highest BCUT2D eigenvalue weighted by atomic mass is 19.4. The molecule has 0 aliphatic carbocycles. The van der Waals surface area contributed by atoms with Crippen molar-refractivity contribution < 1.29 is 22.8 Å². The summed E-state index contributed by atoms with van der Waals surface area (Å²) in [6.07, 6.45) is -2.41. The summed E-state index contributed by atoms with van der Waals surface area (Å²) in [6, 6.07) is 4.77. The fourth-order valence-corrected chi connectivity index (χ4v) is 3.90. The Labute approximate surface area is 168 Å². The van der Waals surface area contributed by atoms with E-state index in [4.69, 9.17) is 0 Å². The Hall–Kier alpha value is -2.13. The molecule has 2 aliphatic heterocycles. The highest BCUT2D eigenvalue weighted by Gasteiger charge is 2.34. The summed E-state index contributed by atoms with van der Waals surface area (Å²) in [5, 5.41) is 2.38. The molecule has 1 aromatic carbocycles. The van der Waals surface area contributed by atoms with E-state index in [1.807, 2.05) is 16.7 Å². The molecule has 0 spiro atoms. The molecule has 160 valence electrons. The van der Waals surface area contributed by atoms with Crippen LogP contribution in [0.15, 0.2) is 24.3 Å². The number of halogens is 3. The van der Waals surface area contributed by atoms with Crippen molar-refractivity contribution in [3.8, 4) is 0 Å². The lowest BCUT2D eigenvalue weighted by Crippen LogP contribution is -2.55. The Morgan fingerprint density at radius 2 is 1.66 bits per heavy atom. The van der Waals surface area contributed by atoms with Gasteiger partial charge >= 0.3 is 6.18 Å². The number of hydrogen-bond acceptors (Lipinski definition) is 4. The monoisotopic (exact) mass is 412 g/mol. The number of hydrogen-bond donors (Lipinski definition) is 1. The zero-order valence-corrected chi connectivity index (χ0v) is 16.5. The highest BCUT2D eigenvalue weighted by molar-refractivity contribution is 5.93. The van der Waals surface area contributed by atoms with Gasteiger partial charge in [0.1, 0.15) is 0 Å². The van der Waals surface area contributed by atoms with E-state index < -0.39 is 17.6 Å². The van der Waals surface area contributed by atoms with E-state index in [1.54, 1.807) is 0 Å². The van der Waals surface area contributed by atoms with E-state index >= 15 is 0 Å². The third-order valence-electron chi connectivity index (χ3n) is 5.60. The van der Waals surface area contributed by atoms with Crippen LogP contribution in [0, 0.1) is 0 Å². The minimum atomic E-state index is -4.52. The summed E-state index contributed by atoms with van der Waals surface area (Å²) in [4.78, 5) is 30.7. The number of piperazine rings is 1. The number of carbonyl (C=O) groups excluding carboxylic acids is 2. The summed E-state index contributed by atoms with van der Waals surface area (Å²) in [7, 11) is 0. The minimum absolute atomic E-state index is 0.0223. The zero-order valence-electron chi connectivity index (χ0n) is 16.5. The molecule has 0 saturated carbocycles. The summed E-state index contributed by atoms with van der Waals surface area (Å²) in [5.41, 5.74) is -1.08. The summed E-state index contributed by atoms with van der Waals surface area (Å²) in [6.45, 7) is 6.05. The molecular formula is C20H27F3N4O2. The highest BCUT2D eigenvalue weighted by Crippen LogP contribution is 2.34. The first-order chi connectivity index (χ1) is 13.8. The van der Waals surface area contributed by atoms with Gasteiger partial charge in [0, 0.05) is 39.3 Å². The van der Waals surface area contributed by atoms with Crippen molar-refractivity contribution in [2.75, 3.05) is 51.1 Å². The lowest BCUT2D eigenvalue weighted by molar-refractivity contribution is -0.137. The van der Waals surface area contributed by atoms with Gasteiger partial charge in [0.25, 0.3) is 0 Å². The van der Waals surface area contributed by atoms with E-state index in [-0.39, 0.29) is 24.2 Å². The standard InChI is InChI=1S/C20H27F3N4O2/c1-15(19(29)27-8-4-5-9-27)26-12-10-25(11-13-26)14-18(28)24-17-7-3-2-6-16(17)20(21,22)23/h2-3,6-7,15H,4-5,8-14H2,1H3,(H,24,28). The lowest BCUT2D eigenvalue weighted by atomic mass is 10.1. The number of amides is 2. The molecule has 1 unspecified atom stereocenters. The number of nitrogens with one attached hydrogen (secondary N) is 1. The third kappa shape index (κ3) is 5.48. The van der Waals surface area contributed by atoms with E-state index in [1.165, 1.54) is 18.2 Å². The third-order valence-corrected chi connectivity index (χ3v) is 5.60. The first-order valence-corrected chi connectivity index (χ1v) is 9.97. The molecule has 3 rings (SSSR count). The average molecular weight is 412 g/mol. The fraction of sp³-hybridized carbons (Fsp3) is 0.600. The molecule has 6 nitrogen and oxygen atoms in total. The van der Waals surface area contributed by atoms with Crippen LogP contribution < -0.4 is 5.32 Å². The zero-order chi connectivity index (χ0) is 21.0. The number of anilines is 1. The van der Waals surface area contributed by atoms with Crippen LogP contribution in [-0.2, 0) is 15.8 Å². The summed E-state index contributed by atoms with van der Waals surface area (Å²) in [5.74, 6) is -0.325. The Balaban J connectivity index is 1.48. The number of para-hydroxylation sites is 1. The van der Waals surface area contributed by atoms with Crippen LogP contribution >= 0.6 is 0 Å². The van der Waals surface area contributed by atoms with Crippen molar-refractivity contribution in [3.05, 3.63) is 29.8 Å². The number of nitrogens with zero attached hydrogens (tertiary/aromatic N) is 3. The molecule has 9 heteroatoms. The predicted molar refractivity (Wildman–Crippen MR) is 103 cm³/mol. The van der Waals surface area contributed by atoms with Gasteiger partial charge in [-0.3, -0.25) is 19.4 Å². The average Bonchev–Trinajstić information content (AvgIpc) is 3.22. The van der Waals surface area contributed by atoms with Gasteiger partial charge in [-0.25, -0.2) is 0 Å². The van der Waals surface area contributed by atoms with Crippen LogP contribution in [-0.4, -0.2) is 78.4 Å².